The monoisotopic (exact) mass is 805 g/mol. The smallest absolute Gasteiger partial charge is 0.0640 e. The summed E-state index contributed by atoms with van der Waals surface area (Å²) in [5.74, 6) is 0. The fraction of sp³-hybridized carbons (Fsp3) is 0. The molecule has 0 saturated carbocycles. The van der Waals surface area contributed by atoms with Crippen LogP contribution in [0.5, 0.6) is 0 Å². The Labute approximate surface area is 365 Å². The molecule has 12 aromatic rings. The molecule has 62 heavy (non-hydrogen) atoms. The van der Waals surface area contributed by atoms with Crippen molar-refractivity contribution in [3.63, 3.8) is 0 Å². The summed E-state index contributed by atoms with van der Waals surface area (Å²) >= 11 is 1.88. The molecule has 290 valence electrons. The molecular weight excluding hydrogens is 767 g/mol. The molecular formula is C60H39NS. The minimum absolute atomic E-state index is 1.11. The lowest BCUT2D eigenvalue weighted by atomic mass is 9.92. The van der Waals surface area contributed by atoms with E-state index in [0.717, 1.165) is 11.4 Å². The third-order valence-electron chi connectivity index (χ3n) is 12.4. The van der Waals surface area contributed by atoms with Crippen molar-refractivity contribution in [2.45, 2.75) is 0 Å². The van der Waals surface area contributed by atoms with Gasteiger partial charge in [0.25, 0.3) is 0 Å². The lowest BCUT2D eigenvalue weighted by Gasteiger charge is -2.27. The van der Waals surface area contributed by atoms with Crippen LogP contribution in [-0.4, -0.2) is 0 Å². The fourth-order valence-corrected chi connectivity index (χ4v) is 10.6. The highest BCUT2D eigenvalue weighted by molar-refractivity contribution is 7.26. The van der Waals surface area contributed by atoms with E-state index in [1.807, 2.05) is 11.3 Å². The van der Waals surface area contributed by atoms with Gasteiger partial charge in [0.15, 0.2) is 0 Å². The van der Waals surface area contributed by atoms with Crippen LogP contribution in [0.1, 0.15) is 0 Å². The maximum absolute atomic E-state index is 2.45. The van der Waals surface area contributed by atoms with Gasteiger partial charge >= 0.3 is 0 Å². The number of thiophene rings is 1. The molecule has 0 unspecified atom stereocenters. The third-order valence-corrected chi connectivity index (χ3v) is 13.6. The predicted octanol–water partition coefficient (Wildman–Crippen LogP) is 17.7. The van der Waals surface area contributed by atoms with Crippen LogP contribution in [0, 0.1) is 0 Å². The lowest BCUT2D eigenvalue weighted by Crippen LogP contribution is -2.10. The summed E-state index contributed by atoms with van der Waals surface area (Å²) in [5, 5.41) is 10.2. The van der Waals surface area contributed by atoms with Gasteiger partial charge in [-0.25, -0.2) is 0 Å². The number of benzene rings is 11. The molecule has 1 heterocycles. The SMILES string of the molecule is c1ccc(-c2ccc(-c3ccc(N(c4cccc(-c5cccc(-c6cc7ccccc7c7ccccc67)c5)c4)c4cccc5c4sc4cc6ccccc6cc45)cc3)cc2)cc1. The van der Waals surface area contributed by atoms with E-state index in [-0.39, 0.29) is 0 Å². The fourth-order valence-electron chi connectivity index (χ4n) is 9.34. The molecule has 0 bridgehead atoms. The van der Waals surface area contributed by atoms with E-state index >= 15 is 0 Å². The quantitative estimate of drug-likeness (QED) is 0.145. The molecule has 0 aliphatic carbocycles. The summed E-state index contributed by atoms with van der Waals surface area (Å²) in [5.41, 5.74) is 13.0. The van der Waals surface area contributed by atoms with Crippen molar-refractivity contribution in [2.75, 3.05) is 4.90 Å². The second-order valence-electron chi connectivity index (χ2n) is 16.1. The molecule has 0 atom stereocenters. The second kappa shape index (κ2) is 15.0. The summed E-state index contributed by atoms with van der Waals surface area (Å²) in [6.07, 6.45) is 0. The molecule has 0 amide bonds. The van der Waals surface area contributed by atoms with E-state index in [9.17, 15) is 0 Å². The van der Waals surface area contributed by atoms with Gasteiger partial charge in [0.2, 0.25) is 0 Å². The van der Waals surface area contributed by atoms with Gasteiger partial charge in [-0.1, -0.05) is 182 Å². The molecule has 0 radical (unpaired) electrons. The zero-order valence-electron chi connectivity index (χ0n) is 33.9. The average molecular weight is 806 g/mol. The van der Waals surface area contributed by atoms with E-state index in [0.29, 0.717) is 0 Å². The maximum atomic E-state index is 2.45. The molecule has 0 fully saturated rings. The van der Waals surface area contributed by atoms with Gasteiger partial charge in [0.05, 0.1) is 10.4 Å². The average Bonchev–Trinajstić information content (AvgIpc) is 3.72. The van der Waals surface area contributed by atoms with Gasteiger partial charge in [0, 0.05) is 26.8 Å². The summed E-state index contributed by atoms with van der Waals surface area (Å²) in [4.78, 5) is 2.45. The van der Waals surface area contributed by atoms with Crippen LogP contribution in [0.4, 0.5) is 17.1 Å². The van der Waals surface area contributed by atoms with Crippen molar-refractivity contribution in [2.24, 2.45) is 0 Å². The summed E-state index contributed by atoms with van der Waals surface area (Å²) in [7, 11) is 0. The highest BCUT2D eigenvalue weighted by atomic mass is 32.1. The number of fused-ring (bicyclic) bond motifs is 7. The van der Waals surface area contributed by atoms with Crippen LogP contribution in [0.25, 0.3) is 97.0 Å². The Hall–Kier alpha value is -7.78. The molecule has 1 nitrogen and oxygen atoms in total. The molecule has 12 rings (SSSR count). The largest absolute Gasteiger partial charge is 0.309 e. The van der Waals surface area contributed by atoms with Crippen molar-refractivity contribution in [3.8, 4) is 44.5 Å². The Morgan fingerprint density at radius 2 is 0.806 bits per heavy atom. The minimum atomic E-state index is 1.11. The van der Waals surface area contributed by atoms with Crippen molar-refractivity contribution in [1.82, 2.24) is 0 Å². The molecule has 0 aliphatic rings. The number of nitrogens with zero attached hydrogens (tertiary/aromatic N) is 1. The number of hydrogen-bond donors (Lipinski definition) is 0. The predicted molar refractivity (Wildman–Crippen MR) is 268 cm³/mol. The minimum Gasteiger partial charge on any atom is -0.309 e. The number of hydrogen-bond acceptors (Lipinski definition) is 2. The zero-order chi connectivity index (χ0) is 41.0. The van der Waals surface area contributed by atoms with Crippen molar-refractivity contribution in [1.29, 1.82) is 0 Å². The topological polar surface area (TPSA) is 3.24 Å². The first-order valence-electron chi connectivity index (χ1n) is 21.2. The lowest BCUT2D eigenvalue weighted by molar-refractivity contribution is 1.30. The highest BCUT2D eigenvalue weighted by Gasteiger charge is 2.20. The van der Waals surface area contributed by atoms with E-state index < -0.39 is 0 Å². The molecule has 11 aromatic carbocycles. The molecule has 2 heteroatoms. The molecule has 0 aliphatic heterocycles. The Bertz CT molecular complexity index is 3620. The van der Waals surface area contributed by atoms with Crippen LogP contribution >= 0.6 is 11.3 Å². The molecule has 1 aromatic heterocycles. The number of rotatable bonds is 7. The summed E-state index contributed by atoms with van der Waals surface area (Å²) < 4.78 is 2.57. The van der Waals surface area contributed by atoms with Gasteiger partial charge in [-0.15, -0.1) is 11.3 Å². The Kier molecular flexibility index (Phi) is 8.76. The zero-order valence-corrected chi connectivity index (χ0v) is 34.7. The first kappa shape index (κ1) is 36.1. The molecule has 0 spiro atoms. The maximum Gasteiger partial charge on any atom is 0.0640 e. The van der Waals surface area contributed by atoms with Crippen molar-refractivity contribution < 1.29 is 0 Å². The molecule has 0 N–H and O–H groups in total. The standard InChI is InChI=1S/C60H39NS/c1-2-13-40(14-3-1)41-27-29-42(30-28-41)43-31-33-50(34-32-43)61(58-26-12-25-55-57-37-46-15-4-5-16-47(46)39-59(57)62-60(55)58)51-21-11-19-45(36-51)44-18-10-20-48(35-44)56-38-49-17-6-7-22-52(49)53-23-8-9-24-54(53)56/h1-39H. The van der Waals surface area contributed by atoms with Gasteiger partial charge in [-0.05, 0) is 131 Å². The normalized spacial score (nSPS) is 11.5. The summed E-state index contributed by atoms with van der Waals surface area (Å²) in [6.45, 7) is 0. The van der Waals surface area contributed by atoms with E-state index in [1.165, 1.54) is 103 Å². The number of anilines is 3. The van der Waals surface area contributed by atoms with Crippen LogP contribution in [0.3, 0.4) is 0 Å². The van der Waals surface area contributed by atoms with Gasteiger partial charge < -0.3 is 4.90 Å². The Balaban J connectivity index is 0.985. The summed E-state index contributed by atoms with van der Waals surface area (Å²) in [6, 6.07) is 86.7. The molecule has 0 saturated heterocycles. The van der Waals surface area contributed by atoms with Crippen LogP contribution in [0.15, 0.2) is 237 Å². The Morgan fingerprint density at radius 3 is 1.56 bits per heavy atom. The van der Waals surface area contributed by atoms with Crippen LogP contribution < -0.4 is 4.90 Å². The van der Waals surface area contributed by atoms with Gasteiger partial charge in [-0.2, -0.15) is 0 Å². The van der Waals surface area contributed by atoms with E-state index in [2.05, 4.69) is 241 Å². The van der Waals surface area contributed by atoms with Crippen molar-refractivity contribution in [3.05, 3.63) is 237 Å². The first-order valence-corrected chi connectivity index (χ1v) is 22.0. The second-order valence-corrected chi connectivity index (χ2v) is 17.2. The van der Waals surface area contributed by atoms with Crippen LogP contribution in [0.2, 0.25) is 0 Å². The Morgan fingerprint density at radius 1 is 0.274 bits per heavy atom. The van der Waals surface area contributed by atoms with E-state index in [1.54, 1.807) is 0 Å². The highest BCUT2D eigenvalue weighted by Crippen LogP contribution is 2.47. The van der Waals surface area contributed by atoms with E-state index in [4.69, 9.17) is 0 Å². The van der Waals surface area contributed by atoms with Gasteiger partial charge in [0.1, 0.15) is 0 Å². The third kappa shape index (κ3) is 6.32. The van der Waals surface area contributed by atoms with Crippen molar-refractivity contribution >= 4 is 80.9 Å². The first-order chi connectivity index (χ1) is 30.7. The van der Waals surface area contributed by atoms with Gasteiger partial charge in [-0.3, -0.25) is 0 Å². The van der Waals surface area contributed by atoms with Crippen LogP contribution in [-0.2, 0) is 0 Å².